The molecule has 1 aromatic heterocycles. The van der Waals surface area contributed by atoms with Crippen molar-refractivity contribution in [2.45, 2.75) is 20.0 Å². The molecule has 0 N–H and O–H groups in total. The number of hydrogen-bond donors (Lipinski definition) is 0. The summed E-state index contributed by atoms with van der Waals surface area (Å²) in [7, 11) is 0. The zero-order valence-electron chi connectivity index (χ0n) is 13.2. The Morgan fingerprint density at radius 3 is 2.78 bits per heavy atom. The van der Waals surface area contributed by atoms with Crippen LogP contribution in [0.5, 0.6) is 0 Å². The van der Waals surface area contributed by atoms with Gasteiger partial charge >= 0.3 is 5.69 Å². The molecule has 1 aliphatic heterocycles. The van der Waals surface area contributed by atoms with Crippen LogP contribution in [0.2, 0.25) is 0 Å². The quantitative estimate of drug-likeness (QED) is 0.643. The second-order valence-electron chi connectivity index (χ2n) is 5.72. The van der Waals surface area contributed by atoms with Crippen LogP contribution in [0.3, 0.4) is 0 Å². The van der Waals surface area contributed by atoms with Gasteiger partial charge < -0.3 is 9.64 Å². The molecule has 1 unspecified atom stereocenters. The first-order chi connectivity index (χ1) is 11.1. The molecule has 0 spiro atoms. The summed E-state index contributed by atoms with van der Waals surface area (Å²) in [4.78, 5) is 17.3. The minimum absolute atomic E-state index is 0.0814. The molecule has 0 amide bonds. The van der Waals surface area contributed by atoms with Crippen molar-refractivity contribution in [1.29, 1.82) is 0 Å². The average molecular weight is 313 g/mol. The highest BCUT2D eigenvalue weighted by Crippen LogP contribution is 2.33. The molecule has 120 valence electrons. The van der Waals surface area contributed by atoms with E-state index in [0.717, 1.165) is 11.1 Å². The molecule has 6 heteroatoms. The molecule has 6 nitrogen and oxygen atoms in total. The van der Waals surface area contributed by atoms with Gasteiger partial charge in [-0.3, -0.25) is 10.1 Å². The van der Waals surface area contributed by atoms with E-state index in [-0.39, 0.29) is 16.7 Å². The molecule has 23 heavy (non-hydrogen) atoms. The van der Waals surface area contributed by atoms with Crippen LogP contribution < -0.4 is 4.90 Å². The van der Waals surface area contributed by atoms with Crippen molar-refractivity contribution in [3.05, 3.63) is 63.3 Å². The SMILES string of the molecule is Cc1ccccc1C1CN(c2nccc(C)c2[N+](=O)[O-])CCO1. The number of nitro groups is 1. The van der Waals surface area contributed by atoms with Crippen molar-refractivity contribution in [3.8, 4) is 0 Å². The molecule has 1 aliphatic rings. The summed E-state index contributed by atoms with van der Waals surface area (Å²) >= 11 is 0. The van der Waals surface area contributed by atoms with Crippen LogP contribution in [0.15, 0.2) is 36.5 Å². The number of hydrogen-bond acceptors (Lipinski definition) is 5. The third-order valence-corrected chi connectivity index (χ3v) is 4.19. The number of aryl methyl sites for hydroxylation is 2. The molecule has 0 aliphatic carbocycles. The van der Waals surface area contributed by atoms with Gasteiger partial charge in [0.2, 0.25) is 5.82 Å². The van der Waals surface area contributed by atoms with Gasteiger partial charge in [0.05, 0.1) is 18.1 Å². The summed E-state index contributed by atoms with van der Waals surface area (Å²) in [5.74, 6) is 0.428. The number of nitrogens with zero attached hydrogens (tertiary/aromatic N) is 3. The molecule has 0 saturated carbocycles. The number of morpholine rings is 1. The monoisotopic (exact) mass is 313 g/mol. The van der Waals surface area contributed by atoms with E-state index >= 15 is 0 Å². The standard InChI is InChI=1S/C17H19N3O3/c1-12-5-3-4-6-14(12)15-11-19(9-10-23-15)17-16(20(21)22)13(2)7-8-18-17/h3-8,15H,9-11H2,1-2H3. The lowest BCUT2D eigenvalue weighted by Gasteiger charge is -2.34. The highest BCUT2D eigenvalue weighted by Gasteiger charge is 2.29. The summed E-state index contributed by atoms with van der Waals surface area (Å²) in [6.45, 7) is 5.46. The lowest BCUT2D eigenvalue weighted by Crippen LogP contribution is -2.39. The highest BCUT2D eigenvalue weighted by atomic mass is 16.6. The van der Waals surface area contributed by atoms with Gasteiger partial charge in [0.1, 0.15) is 6.10 Å². The van der Waals surface area contributed by atoms with Gasteiger partial charge in [-0.1, -0.05) is 24.3 Å². The van der Waals surface area contributed by atoms with E-state index in [1.54, 1.807) is 19.2 Å². The van der Waals surface area contributed by atoms with Crippen LogP contribution in [0.4, 0.5) is 11.5 Å². The molecule has 1 aromatic carbocycles. The van der Waals surface area contributed by atoms with Gasteiger partial charge in [0.25, 0.3) is 0 Å². The lowest BCUT2D eigenvalue weighted by molar-refractivity contribution is -0.384. The molecule has 1 fully saturated rings. The minimum Gasteiger partial charge on any atom is -0.370 e. The van der Waals surface area contributed by atoms with E-state index in [4.69, 9.17) is 4.74 Å². The fourth-order valence-corrected chi connectivity index (χ4v) is 2.97. The number of benzene rings is 1. The van der Waals surface area contributed by atoms with Gasteiger partial charge in [-0.25, -0.2) is 4.98 Å². The van der Waals surface area contributed by atoms with Gasteiger partial charge in [-0.2, -0.15) is 0 Å². The molecule has 2 aromatic rings. The van der Waals surface area contributed by atoms with Gasteiger partial charge in [-0.05, 0) is 31.0 Å². The minimum atomic E-state index is -0.351. The fourth-order valence-electron chi connectivity index (χ4n) is 2.97. The lowest BCUT2D eigenvalue weighted by atomic mass is 10.0. The Hall–Kier alpha value is -2.47. The topological polar surface area (TPSA) is 68.5 Å². The number of rotatable bonds is 3. The molecule has 3 rings (SSSR count). The van der Waals surface area contributed by atoms with Crippen LogP contribution >= 0.6 is 0 Å². The largest absolute Gasteiger partial charge is 0.370 e. The molecular weight excluding hydrogens is 294 g/mol. The number of ether oxygens (including phenoxy) is 1. The third kappa shape index (κ3) is 3.03. The summed E-state index contributed by atoms with van der Waals surface area (Å²) in [6, 6.07) is 9.73. The Balaban J connectivity index is 1.92. The average Bonchev–Trinajstić information content (AvgIpc) is 2.55. The Kier molecular flexibility index (Phi) is 4.25. The van der Waals surface area contributed by atoms with E-state index in [2.05, 4.69) is 4.98 Å². The van der Waals surface area contributed by atoms with E-state index in [0.29, 0.717) is 31.1 Å². The summed E-state index contributed by atoms with van der Waals surface area (Å²) in [5, 5.41) is 11.4. The van der Waals surface area contributed by atoms with Crippen molar-refractivity contribution < 1.29 is 9.66 Å². The number of aromatic nitrogens is 1. The van der Waals surface area contributed by atoms with E-state index in [9.17, 15) is 10.1 Å². The maximum absolute atomic E-state index is 11.4. The Bertz CT molecular complexity index is 733. The molecule has 2 heterocycles. The number of pyridine rings is 1. The first-order valence-electron chi connectivity index (χ1n) is 7.60. The molecule has 1 atom stereocenters. The molecule has 1 saturated heterocycles. The molecule has 0 radical (unpaired) electrons. The first kappa shape index (κ1) is 15.4. The molecule has 0 bridgehead atoms. The second-order valence-corrected chi connectivity index (χ2v) is 5.72. The zero-order valence-corrected chi connectivity index (χ0v) is 13.2. The van der Waals surface area contributed by atoms with Crippen molar-refractivity contribution in [2.75, 3.05) is 24.6 Å². The maximum Gasteiger partial charge on any atom is 0.314 e. The summed E-state index contributed by atoms with van der Waals surface area (Å²) in [5.41, 5.74) is 2.98. The predicted octanol–water partition coefficient (Wildman–Crippen LogP) is 3.18. The Morgan fingerprint density at radius 2 is 2.04 bits per heavy atom. The van der Waals surface area contributed by atoms with Crippen molar-refractivity contribution >= 4 is 11.5 Å². The zero-order chi connectivity index (χ0) is 16.4. The maximum atomic E-state index is 11.4. The van der Waals surface area contributed by atoms with E-state index < -0.39 is 0 Å². The summed E-state index contributed by atoms with van der Waals surface area (Å²) < 4.78 is 5.89. The van der Waals surface area contributed by atoms with Crippen molar-refractivity contribution in [3.63, 3.8) is 0 Å². The first-order valence-corrected chi connectivity index (χ1v) is 7.60. The van der Waals surface area contributed by atoms with Crippen LogP contribution in [0, 0.1) is 24.0 Å². The van der Waals surface area contributed by atoms with Crippen LogP contribution in [0.25, 0.3) is 0 Å². The highest BCUT2D eigenvalue weighted by molar-refractivity contribution is 5.61. The van der Waals surface area contributed by atoms with Crippen molar-refractivity contribution in [1.82, 2.24) is 4.98 Å². The van der Waals surface area contributed by atoms with Crippen LogP contribution in [-0.4, -0.2) is 29.6 Å². The summed E-state index contributed by atoms with van der Waals surface area (Å²) in [6.07, 6.45) is 1.52. The predicted molar refractivity (Wildman–Crippen MR) is 87.7 cm³/mol. The molecular formula is C17H19N3O3. The van der Waals surface area contributed by atoms with E-state index in [1.807, 2.05) is 36.1 Å². The number of anilines is 1. The Morgan fingerprint density at radius 1 is 1.26 bits per heavy atom. The fraction of sp³-hybridized carbons (Fsp3) is 0.353. The third-order valence-electron chi connectivity index (χ3n) is 4.19. The van der Waals surface area contributed by atoms with Gasteiger partial charge in [0.15, 0.2) is 0 Å². The normalized spacial score (nSPS) is 18.0. The van der Waals surface area contributed by atoms with Crippen molar-refractivity contribution in [2.24, 2.45) is 0 Å². The second kappa shape index (κ2) is 6.34. The smallest absolute Gasteiger partial charge is 0.314 e. The van der Waals surface area contributed by atoms with Gasteiger partial charge in [-0.15, -0.1) is 0 Å². The van der Waals surface area contributed by atoms with E-state index in [1.165, 1.54) is 0 Å². The van der Waals surface area contributed by atoms with Gasteiger partial charge in [0, 0.05) is 18.3 Å². The van der Waals surface area contributed by atoms with Crippen LogP contribution in [-0.2, 0) is 4.74 Å². The van der Waals surface area contributed by atoms with Crippen LogP contribution in [0.1, 0.15) is 22.8 Å². The Labute approximate surface area is 134 Å².